The molecule has 0 bridgehead atoms. The zero-order chi connectivity index (χ0) is 8.55. The number of ketones is 1. The molecule has 1 aliphatic rings. The normalized spacial score (nSPS) is 15.9. The van der Waals surface area contributed by atoms with Crippen LogP contribution in [0.5, 0.6) is 0 Å². The molecule has 62 valence electrons. The Morgan fingerprint density at radius 3 is 3.00 bits per heavy atom. The molecule has 2 heterocycles. The number of aryl methyl sites for hydroxylation is 1. The van der Waals surface area contributed by atoms with E-state index >= 15 is 0 Å². The summed E-state index contributed by atoms with van der Waals surface area (Å²) < 4.78 is 5.02. The standard InChI is InChI=1S/C8H8N2O2/c1-5-8-6(10-4-9-5)2-12-3-7(8)11/h4H,2-3H2,1H3. The summed E-state index contributed by atoms with van der Waals surface area (Å²) in [6.45, 7) is 2.38. The van der Waals surface area contributed by atoms with Crippen molar-refractivity contribution in [3.8, 4) is 0 Å². The van der Waals surface area contributed by atoms with E-state index in [9.17, 15) is 4.79 Å². The third-order valence-corrected chi connectivity index (χ3v) is 1.87. The predicted octanol–water partition coefficient (Wildman–Crippen LogP) is 0.498. The van der Waals surface area contributed by atoms with Crippen molar-refractivity contribution in [2.45, 2.75) is 13.5 Å². The molecule has 0 saturated carbocycles. The van der Waals surface area contributed by atoms with Gasteiger partial charge in [0.05, 0.1) is 23.6 Å². The predicted molar refractivity (Wildman–Crippen MR) is 40.8 cm³/mol. The number of nitrogens with zero attached hydrogens (tertiary/aromatic N) is 2. The first kappa shape index (κ1) is 7.36. The molecule has 0 amide bonds. The van der Waals surface area contributed by atoms with Crippen LogP contribution in [-0.2, 0) is 11.3 Å². The summed E-state index contributed by atoms with van der Waals surface area (Å²) in [5, 5.41) is 0. The van der Waals surface area contributed by atoms with E-state index in [1.165, 1.54) is 6.33 Å². The molecule has 0 aromatic carbocycles. The summed E-state index contributed by atoms with van der Waals surface area (Å²) in [5.41, 5.74) is 2.09. The van der Waals surface area contributed by atoms with E-state index in [4.69, 9.17) is 4.74 Å². The van der Waals surface area contributed by atoms with Crippen molar-refractivity contribution in [3.63, 3.8) is 0 Å². The average molecular weight is 164 g/mol. The lowest BCUT2D eigenvalue weighted by Gasteiger charge is -2.14. The topological polar surface area (TPSA) is 52.1 Å². The van der Waals surface area contributed by atoms with Gasteiger partial charge in [-0.25, -0.2) is 9.97 Å². The number of hydrogen-bond acceptors (Lipinski definition) is 4. The van der Waals surface area contributed by atoms with Crippen LogP contribution in [0.15, 0.2) is 6.33 Å². The number of hydrogen-bond donors (Lipinski definition) is 0. The van der Waals surface area contributed by atoms with Gasteiger partial charge in [-0.1, -0.05) is 0 Å². The fourth-order valence-electron chi connectivity index (χ4n) is 1.31. The summed E-state index contributed by atoms with van der Waals surface area (Å²) in [4.78, 5) is 19.2. The number of aromatic nitrogens is 2. The van der Waals surface area contributed by atoms with Crippen molar-refractivity contribution in [2.24, 2.45) is 0 Å². The summed E-state index contributed by atoms with van der Waals surface area (Å²) in [7, 11) is 0. The van der Waals surface area contributed by atoms with Crippen LogP contribution in [0.1, 0.15) is 21.7 Å². The molecule has 12 heavy (non-hydrogen) atoms. The molecule has 0 N–H and O–H groups in total. The number of fused-ring (bicyclic) bond motifs is 1. The Bertz CT molecular complexity index is 336. The van der Waals surface area contributed by atoms with Crippen LogP contribution < -0.4 is 0 Å². The molecule has 0 unspecified atom stereocenters. The molecular weight excluding hydrogens is 156 g/mol. The molecule has 0 radical (unpaired) electrons. The van der Waals surface area contributed by atoms with E-state index in [0.29, 0.717) is 17.9 Å². The fraction of sp³-hybridized carbons (Fsp3) is 0.375. The summed E-state index contributed by atoms with van der Waals surface area (Å²) >= 11 is 0. The molecule has 0 atom stereocenters. The molecule has 0 saturated heterocycles. The molecule has 0 spiro atoms. The van der Waals surface area contributed by atoms with Crippen LogP contribution >= 0.6 is 0 Å². The van der Waals surface area contributed by atoms with Gasteiger partial charge in [0.2, 0.25) is 0 Å². The number of ether oxygens (including phenoxy) is 1. The van der Waals surface area contributed by atoms with E-state index in [1.54, 1.807) is 0 Å². The van der Waals surface area contributed by atoms with Crippen molar-refractivity contribution >= 4 is 5.78 Å². The largest absolute Gasteiger partial charge is 0.367 e. The summed E-state index contributed by atoms with van der Waals surface area (Å²) in [6.07, 6.45) is 1.45. The Balaban J connectivity index is 2.60. The van der Waals surface area contributed by atoms with Gasteiger partial charge in [-0.15, -0.1) is 0 Å². The van der Waals surface area contributed by atoms with Gasteiger partial charge in [-0.05, 0) is 6.92 Å². The first-order valence-corrected chi connectivity index (χ1v) is 3.70. The quantitative estimate of drug-likeness (QED) is 0.560. The number of rotatable bonds is 0. The van der Waals surface area contributed by atoms with Crippen molar-refractivity contribution in [3.05, 3.63) is 23.3 Å². The lowest BCUT2D eigenvalue weighted by molar-refractivity contribution is 0.0652. The Labute approximate surface area is 69.6 Å². The zero-order valence-electron chi connectivity index (χ0n) is 6.70. The Morgan fingerprint density at radius 1 is 1.42 bits per heavy atom. The van der Waals surface area contributed by atoms with E-state index in [-0.39, 0.29) is 12.4 Å². The SMILES string of the molecule is Cc1ncnc2c1C(=O)COC2. The van der Waals surface area contributed by atoms with Gasteiger partial charge in [-0.2, -0.15) is 0 Å². The maximum absolute atomic E-state index is 11.3. The molecule has 1 aromatic heterocycles. The Morgan fingerprint density at radius 2 is 2.25 bits per heavy atom. The fourth-order valence-corrected chi connectivity index (χ4v) is 1.31. The molecule has 4 nitrogen and oxygen atoms in total. The van der Waals surface area contributed by atoms with Crippen LogP contribution in [0.25, 0.3) is 0 Å². The molecule has 0 aliphatic carbocycles. The highest BCUT2D eigenvalue weighted by Gasteiger charge is 2.20. The first-order valence-electron chi connectivity index (χ1n) is 3.70. The van der Waals surface area contributed by atoms with Crippen LogP contribution in [0.4, 0.5) is 0 Å². The van der Waals surface area contributed by atoms with Crippen molar-refractivity contribution in [1.29, 1.82) is 0 Å². The molecule has 1 aromatic rings. The van der Waals surface area contributed by atoms with Gasteiger partial charge >= 0.3 is 0 Å². The van der Waals surface area contributed by atoms with E-state index in [2.05, 4.69) is 9.97 Å². The van der Waals surface area contributed by atoms with Crippen LogP contribution in [0.3, 0.4) is 0 Å². The summed E-state index contributed by atoms with van der Waals surface area (Å²) in [6, 6.07) is 0. The number of Topliss-reactive ketones (excluding diaryl/α,β-unsaturated/α-hetero) is 1. The molecular formula is C8H8N2O2. The third kappa shape index (κ3) is 1.00. The van der Waals surface area contributed by atoms with E-state index < -0.39 is 0 Å². The second-order valence-corrected chi connectivity index (χ2v) is 2.70. The molecule has 0 fully saturated rings. The Hall–Kier alpha value is -1.29. The van der Waals surface area contributed by atoms with Gasteiger partial charge in [0.1, 0.15) is 12.9 Å². The first-order chi connectivity index (χ1) is 5.79. The Kier molecular flexibility index (Phi) is 1.62. The average Bonchev–Trinajstić information content (AvgIpc) is 2.04. The maximum Gasteiger partial charge on any atom is 0.192 e. The highest BCUT2D eigenvalue weighted by Crippen LogP contribution is 2.15. The molecule has 4 heteroatoms. The lowest BCUT2D eigenvalue weighted by Crippen LogP contribution is -2.21. The highest BCUT2D eigenvalue weighted by atomic mass is 16.5. The number of carbonyl (C=O) groups excluding carboxylic acids is 1. The van der Waals surface area contributed by atoms with Gasteiger partial charge in [-0.3, -0.25) is 4.79 Å². The van der Waals surface area contributed by atoms with Gasteiger partial charge in [0.25, 0.3) is 0 Å². The van der Waals surface area contributed by atoms with Crippen LogP contribution in [-0.4, -0.2) is 22.4 Å². The van der Waals surface area contributed by atoms with E-state index in [1.807, 2.05) is 6.92 Å². The second kappa shape index (κ2) is 2.64. The molecule has 2 rings (SSSR count). The lowest BCUT2D eigenvalue weighted by atomic mass is 10.1. The number of carbonyl (C=O) groups is 1. The van der Waals surface area contributed by atoms with Crippen molar-refractivity contribution in [1.82, 2.24) is 9.97 Å². The van der Waals surface area contributed by atoms with E-state index in [0.717, 1.165) is 5.69 Å². The molecule has 1 aliphatic heterocycles. The zero-order valence-corrected chi connectivity index (χ0v) is 6.70. The van der Waals surface area contributed by atoms with Crippen molar-refractivity contribution < 1.29 is 9.53 Å². The smallest absolute Gasteiger partial charge is 0.192 e. The highest BCUT2D eigenvalue weighted by molar-refractivity contribution is 5.99. The summed E-state index contributed by atoms with van der Waals surface area (Å²) in [5.74, 6) is -0.0191. The van der Waals surface area contributed by atoms with Gasteiger partial charge in [0.15, 0.2) is 5.78 Å². The second-order valence-electron chi connectivity index (χ2n) is 2.70. The minimum Gasteiger partial charge on any atom is -0.367 e. The van der Waals surface area contributed by atoms with Crippen LogP contribution in [0.2, 0.25) is 0 Å². The van der Waals surface area contributed by atoms with Crippen LogP contribution in [0, 0.1) is 6.92 Å². The van der Waals surface area contributed by atoms with Crippen molar-refractivity contribution in [2.75, 3.05) is 6.61 Å². The minimum atomic E-state index is -0.0191. The van der Waals surface area contributed by atoms with Gasteiger partial charge in [0, 0.05) is 0 Å². The third-order valence-electron chi connectivity index (χ3n) is 1.87. The minimum absolute atomic E-state index is 0.0191. The van der Waals surface area contributed by atoms with Gasteiger partial charge < -0.3 is 4.74 Å². The monoisotopic (exact) mass is 164 g/mol. The maximum atomic E-state index is 11.3.